The number of benzene rings is 1. The van der Waals surface area contributed by atoms with Crippen molar-refractivity contribution < 1.29 is 19.3 Å². The molecule has 0 radical (unpaired) electrons. The monoisotopic (exact) mass is 278 g/mol. The summed E-state index contributed by atoms with van der Waals surface area (Å²) >= 11 is 0. The van der Waals surface area contributed by atoms with E-state index in [4.69, 9.17) is 14.2 Å². The molecule has 0 amide bonds. The molecule has 2 atom stereocenters. The van der Waals surface area contributed by atoms with Crippen LogP contribution in [0.1, 0.15) is 43.1 Å². The lowest BCUT2D eigenvalue weighted by atomic mass is 9.81. The number of rotatable bonds is 4. The third-order valence-corrected chi connectivity index (χ3v) is 4.47. The van der Waals surface area contributed by atoms with Crippen molar-refractivity contribution in [1.29, 1.82) is 0 Å². The normalized spacial score (nSPS) is 32.8. The van der Waals surface area contributed by atoms with Crippen LogP contribution in [0.4, 0.5) is 0 Å². The highest BCUT2D eigenvalue weighted by Crippen LogP contribution is 2.45. The van der Waals surface area contributed by atoms with Crippen molar-refractivity contribution in [2.45, 2.75) is 49.8 Å². The Morgan fingerprint density at radius 2 is 1.75 bits per heavy atom. The van der Waals surface area contributed by atoms with Crippen LogP contribution in [-0.2, 0) is 19.8 Å². The van der Waals surface area contributed by atoms with Crippen molar-refractivity contribution in [1.82, 2.24) is 0 Å². The van der Waals surface area contributed by atoms with Gasteiger partial charge in [0.25, 0.3) is 0 Å². The van der Waals surface area contributed by atoms with E-state index < -0.39 is 11.9 Å². The first-order valence-corrected chi connectivity index (χ1v) is 7.19. The van der Waals surface area contributed by atoms with Gasteiger partial charge in [-0.05, 0) is 18.4 Å². The van der Waals surface area contributed by atoms with E-state index in [1.54, 1.807) is 14.2 Å². The maximum absolute atomic E-state index is 11.2. The first-order chi connectivity index (χ1) is 9.66. The first kappa shape index (κ1) is 14.0. The number of ether oxygens (including phenoxy) is 3. The third-order valence-electron chi connectivity index (χ3n) is 4.47. The molecule has 0 aliphatic carbocycles. The van der Waals surface area contributed by atoms with E-state index in [9.17, 15) is 5.11 Å². The minimum Gasteiger partial charge on any atom is -0.385 e. The van der Waals surface area contributed by atoms with Gasteiger partial charge in [-0.1, -0.05) is 24.3 Å². The van der Waals surface area contributed by atoms with Crippen molar-refractivity contribution in [2.75, 3.05) is 14.2 Å². The highest BCUT2D eigenvalue weighted by atomic mass is 16.7. The van der Waals surface area contributed by atoms with Gasteiger partial charge in [-0.25, -0.2) is 0 Å². The van der Waals surface area contributed by atoms with Crippen LogP contribution >= 0.6 is 0 Å². The molecule has 2 heterocycles. The molecule has 2 aliphatic rings. The molecule has 110 valence electrons. The second-order valence-corrected chi connectivity index (χ2v) is 5.79. The van der Waals surface area contributed by atoms with E-state index >= 15 is 0 Å². The summed E-state index contributed by atoms with van der Waals surface area (Å²) < 4.78 is 16.6. The predicted molar refractivity (Wildman–Crippen MR) is 74.2 cm³/mol. The van der Waals surface area contributed by atoms with Gasteiger partial charge in [-0.3, -0.25) is 0 Å². The second kappa shape index (κ2) is 5.45. The molecule has 2 aliphatic heterocycles. The zero-order valence-electron chi connectivity index (χ0n) is 12.0. The number of fused-ring (bicyclic) bond motifs is 2. The quantitative estimate of drug-likeness (QED) is 0.860. The highest BCUT2D eigenvalue weighted by Gasteiger charge is 2.45. The Morgan fingerprint density at radius 3 is 2.35 bits per heavy atom. The molecule has 20 heavy (non-hydrogen) atoms. The van der Waals surface area contributed by atoms with Gasteiger partial charge in [0.2, 0.25) is 0 Å². The van der Waals surface area contributed by atoms with Crippen LogP contribution in [0, 0.1) is 0 Å². The maximum Gasteiger partial charge on any atom is 0.183 e. The van der Waals surface area contributed by atoms with Gasteiger partial charge in [-0.2, -0.15) is 0 Å². The Bertz CT molecular complexity index is 457. The number of aliphatic hydroxyl groups is 1. The van der Waals surface area contributed by atoms with E-state index in [0.717, 1.165) is 24.0 Å². The Morgan fingerprint density at radius 1 is 1.15 bits per heavy atom. The fourth-order valence-corrected chi connectivity index (χ4v) is 3.61. The van der Waals surface area contributed by atoms with Gasteiger partial charge in [0.05, 0.1) is 17.8 Å². The average molecular weight is 278 g/mol. The SMILES string of the molecule is COC(OC)c1ccccc1C1(O)CC2CCC(C1)O2. The molecule has 2 bridgehead atoms. The van der Waals surface area contributed by atoms with E-state index in [2.05, 4.69) is 0 Å². The lowest BCUT2D eigenvalue weighted by molar-refractivity contribution is -0.126. The molecule has 1 aromatic rings. The zero-order chi connectivity index (χ0) is 14.2. The Hall–Kier alpha value is -0.940. The fourth-order valence-electron chi connectivity index (χ4n) is 3.61. The molecule has 1 N–H and O–H groups in total. The van der Waals surface area contributed by atoms with Crippen LogP contribution in [0.5, 0.6) is 0 Å². The summed E-state index contributed by atoms with van der Waals surface area (Å²) in [7, 11) is 3.23. The van der Waals surface area contributed by atoms with Gasteiger partial charge in [-0.15, -0.1) is 0 Å². The molecule has 1 aromatic carbocycles. The first-order valence-electron chi connectivity index (χ1n) is 7.19. The van der Waals surface area contributed by atoms with E-state index in [-0.39, 0.29) is 12.2 Å². The van der Waals surface area contributed by atoms with Crippen LogP contribution in [0.15, 0.2) is 24.3 Å². The number of methoxy groups -OCH3 is 2. The smallest absolute Gasteiger partial charge is 0.183 e. The Balaban J connectivity index is 1.97. The van der Waals surface area contributed by atoms with Crippen LogP contribution < -0.4 is 0 Å². The average Bonchev–Trinajstić information content (AvgIpc) is 2.80. The van der Waals surface area contributed by atoms with Crippen molar-refractivity contribution in [2.24, 2.45) is 0 Å². The molecule has 0 saturated carbocycles. The molecule has 0 spiro atoms. The Labute approximate surface area is 119 Å². The standard InChI is InChI=1S/C16H22O4/c1-18-15(19-2)13-5-3-4-6-14(13)16(17)9-11-7-8-12(10-16)20-11/h3-6,11-12,15,17H,7-10H2,1-2H3. The van der Waals surface area contributed by atoms with Crippen molar-refractivity contribution in [3.8, 4) is 0 Å². The lowest BCUT2D eigenvalue weighted by Crippen LogP contribution is -2.39. The minimum absolute atomic E-state index is 0.176. The minimum atomic E-state index is -0.837. The molecule has 4 nitrogen and oxygen atoms in total. The molecule has 2 unspecified atom stereocenters. The van der Waals surface area contributed by atoms with Crippen molar-refractivity contribution in [3.05, 3.63) is 35.4 Å². The molecule has 4 heteroatoms. The van der Waals surface area contributed by atoms with Crippen LogP contribution in [0.3, 0.4) is 0 Å². The number of hydrogen-bond donors (Lipinski definition) is 1. The van der Waals surface area contributed by atoms with Crippen molar-refractivity contribution in [3.63, 3.8) is 0 Å². The zero-order valence-corrected chi connectivity index (χ0v) is 12.0. The molecule has 2 fully saturated rings. The lowest BCUT2D eigenvalue weighted by Gasteiger charge is -2.38. The van der Waals surface area contributed by atoms with Crippen LogP contribution in [-0.4, -0.2) is 31.5 Å². The summed E-state index contributed by atoms with van der Waals surface area (Å²) in [6.45, 7) is 0. The van der Waals surface area contributed by atoms with Crippen molar-refractivity contribution >= 4 is 0 Å². The largest absolute Gasteiger partial charge is 0.385 e. The summed E-state index contributed by atoms with van der Waals surface area (Å²) in [5.74, 6) is 0. The van der Waals surface area contributed by atoms with Gasteiger partial charge < -0.3 is 19.3 Å². The maximum atomic E-state index is 11.2. The van der Waals surface area contributed by atoms with Crippen LogP contribution in [0.2, 0.25) is 0 Å². The van der Waals surface area contributed by atoms with Gasteiger partial charge >= 0.3 is 0 Å². The van der Waals surface area contributed by atoms with Gasteiger partial charge in [0, 0.05) is 32.6 Å². The predicted octanol–water partition coefficient (Wildman–Crippen LogP) is 2.51. The Kier molecular flexibility index (Phi) is 3.82. The number of hydrogen-bond acceptors (Lipinski definition) is 4. The highest BCUT2D eigenvalue weighted by molar-refractivity contribution is 5.34. The van der Waals surface area contributed by atoms with E-state index in [1.165, 1.54) is 0 Å². The second-order valence-electron chi connectivity index (χ2n) is 5.79. The summed E-state index contributed by atoms with van der Waals surface area (Å²) in [5.41, 5.74) is 0.978. The topological polar surface area (TPSA) is 47.9 Å². The molecular weight excluding hydrogens is 256 g/mol. The summed E-state index contributed by atoms with van der Waals surface area (Å²) in [5, 5.41) is 11.2. The van der Waals surface area contributed by atoms with Gasteiger partial charge in [0.15, 0.2) is 6.29 Å². The third kappa shape index (κ3) is 2.37. The molecule has 0 aromatic heterocycles. The molecule has 3 rings (SSSR count). The summed E-state index contributed by atoms with van der Waals surface area (Å²) in [6, 6.07) is 7.84. The molecular formula is C16H22O4. The van der Waals surface area contributed by atoms with Gasteiger partial charge in [0.1, 0.15) is 0 Å². The van der Waals surface area contributed by atoms with E-state index in [1.807, 2.05) is 24.3 Å². The van der Waals surface area contributed by atoms with Crippen LogP contribution in [0.25, 0.3) is 0 Å². The van der Waals surface area contributed by atoms with E-state index in [0.29, 0.717) is 12.8 Å². The molecule has 2 saturated heterocycles. The summed E-state index contributed by atoms with van der Waals surface area (Å²) in [6.07, 6.45) is 3.31. The fraction of sp³-hybridized carbons (Fsp3) is 0.625. The summed E-state index contributed by atoms with van der Waals surface area (Å²) in [4.78, 5) is 0.